The Morgan fingerprint density at radius 3 is 2.65 bits per heavy atom. The summed E-state index contributed by atoms with van der Waals surface area (Å²) in [5.41, 5.74) is 0.873. The maximum absolute atomic E-state index is 11.2. The molecule has 0 radical (unpaired) electrons. The zero-order valence-electron chi connectivity index (χ0n) is 11.2. The fourth-order valence-electron chi connectivity index (χ4n) is 1.23. The predicted molar refractivity (Wildman–Crippen MR) is 70.3 cm³/mol. The predicted octanol–water partition coefficient (Wildman–Crippen LogP) is 0.890. The van der Waals surface area contributed by atoms with Crippen molar-refractivity contribution in [3.8, 4) is 0 Å². The van der Waals surface area contributed by atoms with Crippen LogP contribution in [0.1, 0.15) is 33.4 Å². The summed E-state index contributed by atoms with van der Waals surface area (Å²) in [6.45, 7) is 9.61. The highest BCUT2D eigenvalue weighted by Crippen LogP contribution is 2.11. The number of aromatic nitrogens is 3. The Balaban J connectivity index is 2.43. The molecule has 0 amide bonds. The standard InChI is InChI=1S/C11H22N4OS/c1-9(17(5)16)6-12-7-10-8-15(14-13-10)11(2,3)4/h8-9,12H,6-7H2,1-5H3. The Kier molecular flexibility index (Phi) is 4.82. The minimum atomic E-state index is -0.781. The molecule has 0 bridgehead atoms. The topological polar surface area (TPSA) is 59.8 Å². The molecule has 17 heavy (non-hydrogen) atoms. The summed E-state index contributed by atoms with van der Waals surface area (Å²) >= 11 is 0. The van der Waals surface area contributed by atoms with Gasteiger partial charge in [-0.2, -0.15) is 0 Å². The van der Waals surface area contributed by atoms with E-state index in [4.69, 9.17) is 0 Å². The molecular formula is C11H22N4OS. The summed E-state index contributed by atoms with van der Waals surface area (Å²) < 4.78 is 13.0. The Hall–Kier alpha value is -0.750. The molecule has 0 aliphatic heterocycles. The molecule has 0 saturated carbocycles. The van der Waals surface area contributed by atoms with E-state index in [1.165, 1.54) is 0 Å². The average molecular weight is 258 g/mol. The Labute approximate surface area is 105 Å². The van der Waals surface area contributed by atoms with Gasteiger partial charge in [-0.1, -0.05) is 5.21 Å². The van der Waals surface area contributed by atoms with Crippen LogP contribution in [0.4, 0.5) is 0 Å². The fraction of sp³-hybridized carbons (Fsp3) is 0.818. The van der Waals surface area contributed by atoms with E-state index in [0.717, 1.165) is 12.2 Å². The third-order valence-corrected chi connectivity index (χ3v) is 3.83. The molecule has 1 aromatic heterocycles. The van der Waals surface area contributed by atoms with Gasteiger partial charge >= 0.3 is 0 Å². The lowest BCUT2D eigenvalue weighted by molar-refractivity contribution is 0.347. The molecule has 0 spiro atoms. The van der Waals surface area contributed by atoms with Gasteiger partial charge in [-0.05, 0) is 27.7 Å². The number of rotatable bonds is 5. The molecule has 1 aromatic rings. The smallest absolute Gasteiger partial charge is 0.0965 e. The van der Waals surface area contributed by atoms with Gasteiger partial charge in [-0.15, -0.1) is 5.10 Å². The summed E-state index contributed by atoms with van der Waals surface area (Å²) in [5, 5.41) is 11.6. The second-order valence-corrected chi connectivity index (χ2v) is 7.07. The lowest BCUT2D eigenvalue weighted by atomic mass is 10.1. The Morgan fingerprint density at radius 2 is 2.18 bits per heavy atom. The van der Waals surface area contributed by atoms with Crippen LogP contribution in [0.25, 0.3) is 0 Å². The third-order valence-electron chi connectivity index (χ3n) is 2.53. The monoisotopic (exact) mass is 258 g/mol. The maximum atomic E-state index is 11.2. The van der Waals surface area contributed by atoms with E-state index in [2.05, 4.69) is 36.4 Å². The molecule has 2 unspecified atom stereocenters. The zero-order chi connectivity index (χ0) is 13.1. The summed E-state index contributed by atoms with van der Waals surface area (Å²) in [6, 6.07) is 0. The van der Waals surface area contributed by atoms with Crippen molar-refractivity contribution in [1.82, 2.24) is 20.3 Å². The largest absolute Gasteiger partial charge is 0.310 e. The Bertz CT molecular complexity index is 383. The highest BCUT2D eigenvalue weighted by Gasteiger charge is 2.15. The maximum Gasteiger partial charge on any atom is 0.0965 e. The van der Waals surface area contributed by atoms with Gasteiger partial charge in [0.1, 0.15) is 0 Å². The van der Waals surface area contributed by atoms with Crippen LogP contribution in [0.5, 0.6) is 0 Å². The first-order valence-electron chi connectivity index (χ1n) is 5.75. The first kappa shape index (κ1) is 14.3. The van der Waals surface area contributed by atoms with Gasteiger partial charge in [0.2, 0.25) is 0 Å². The molecule has 0 aliphatic carbocycles. The third kappa shape index (κ3) is 4.55. The fourth-order valence-corrected chi connectivity index (χ4v) is 1.58. The van der Waals surface area contributed by atoms with Crippen molar-refractivity contribution in [3.63, 3.8) is 0 Å². The molecule has 0 aromatic carbocycles. The first-order valence-corrected chi connectivity index (χ1v) is 7.37. The van der Waals surface area contributed by atoms with Crippen molar-refractivity contribution < 1.29 is 4.21 Å². The van der Waals surface area contributed by atoms with E-state index in [-0.39, 0.29) is 10.8 Å². The SMILES string of the molecule is CC(CNCc1cn(C(C)(C)C)nn1)S(C)=O. The van der Waals surface area contributed by atoms with Crippen molar-refractivity contribution in [2.24, 2.45) is 0 Å². The molecule has 5 nitrogen and oxygen atoms in total. The van der Waals surface area contributed by atoms with Crippen LogP contribution in [0.3, 0.4) is 0 Å². The summed E-state index contributed by atoms with van der Waals surface area (Å²) in [4.78, 5) is 0. The Morgan fingerprint density at radius 1 is 1.53 bits per heavy atom. The van der Waals surface area contributed by atoms with E-state index in [0.29, 0.717) is 6.54 Å². The molecule has 0 saturated heterocycles. The van der Waals surface area contributed by atoms with Gasteiger partial charge in [0.25, 0.3) is 0 Å². The minimum absolute atomic E-state index is 0.0382. The van der Waals surface area contributed by atoms with Crippen molar-refractivity contribution in [1.29, 1.82) is 0 Å². The quantitative estimate of drug-likeness (QED) is 0.852. The minimum Gasteiger partial charge on any atom is -0.310 e. The highest BCUT2D eigenvalue weighted by atomic mass is 32.2. The van der Waals surface area contributed by atoms with Crippen LogP contribution in [0, 0.1) is 0 Å². The lowest BCUT2D eigenvalue weighted by Crippen LogP contribution is -2.27. The normalized spacial score (nSPS) is 15.8. The lowest BCUT2D eigenvalue weighted by Gasteiger charge is -2.17. The van der Waals surface area contributed by atoms with E-state index in [1.807, 2.05) is 17.8 Å². The van der Waals surface area contributed by atoms with Crippen molar-refractivity contribution >= 4 is 10.8 Å². The molecule has 1 N–H and O–H groups in total. The van der Waals surface area contributed by atoms with Gasteiger partial charge in [-0.3, -0.25) is 4.21 Å². The van der Waals surface area contributed by atoms with Crippen LogP contribution >= 0.6 is 0 Å². The number of nitrogens with zero attached hydrogens (tertiary/aromatic N) is 3. The van der Waals surface area contributed by atoms with E-state index in [9.17, 15) is 4.21 Å². The van der Waals surface area contributed by atoms with Crippen molar-refractivity contribution in [2.75, 3.05) is 12.8 Å². The number of hydrogen-bond donors (Lipinski definition) is 1. The number of hydrogen-bond acceptors (Lipinski definition) is 4. The molecule has 98 valence electrons. The van der Waals surface area contributed by atoms with Gasteiger partial charge in [-0.25, -0.2) is 4.68 Å². The molecule has 1 rings (SSSR count). The first-order chi connectivity index (χ1) is 7.80. The highest BCUT2D eigenvalue weighted by molar-refractivity contribution is 7.84. The van der Waals surface area contributed by atoms with Gasteiger partial charge < -0.3 is 5.32 Å². The molecule has 1 heterocycles. The van der Waals surface area contributed by atoms with E-state index < -0.39 is 10.8 Å². The molecule has 0 aliphatic rings. The molecule has 6 heteroatoms. The van der Waals surface area contributed by atoms with Gasteiger partial charge in [0.05, 0.1) is 17.4 Å². The van der Waals surface area contributed by atoms with Gasteiger partial charge in [0, 0.05) is 35.4 Å². The summed E-state index contributed by atoms with van der Waals surface area (Å²) in [6.07, 6.45) is 3.67. The second-order valence-electron chi connectivity index (χ2n) is 5.27. The van der Waals surface area contributed by atoms with Crippen LogP contribution in [0.2, 0.25) is 0 Å². The van der Waals surface area contributed by atoms with Crippen LogP contribution in [0.15, 0.2) is 6.20 Å². The average Bonchev–Trinajstić information content (AvgIpc) is 2.65. The van der Waals surface area contributed by atoms with E-state index in [1.54, 1.807) is 6.26 Å². The molecule has 2 atom stereocenters. The molecule has 0 fully saturated rings. The summed E-state index contributed by atoms with van der Waals surface area (Å²) in [5.74, 6) is 0. The van der Waals surface area contributed by atoms with Crippen LogP contribution in [-0.4, -0.2) is 37.3 Å². The zero-order valence-corrected chi connectivity index (χ0v) is 12.0. The van der Waals surface area contributed by atoms with Crippen molar-refractivity contribution in [3.05, 3.63) is 11.9 Å². The molecular weight excluding hydrogens is 236 g/mol. The van der Waals surface area contributed by atoms with E-state index >= 15 is 0 Å². The van der Waals surface area contributed by atoms with Crippen molar-refractivity contribution in [2.45, 2.75) is 45.0 Å². The second kappa shape index (κ2) is 5.73. The summed E-state index contributed by atoms with van der Waals surface area (Å²) in [7, 11) is -0.781. The van der Waals surface area contributed by atoms with Crippen LogP contribution < -0.4 is 5.32 Å². The van der Waals surface area contributed by atoms with Crippen LogP contribution in [-0.2, 0) is 22.9 Å². The van der Waals surface area contributed by atoms with Gasteiger partial charge in [0.15, 0.2) is 0 Å². The number of nitrogens with one attached hydrogen (secondary N) is 1.